The number of rotatable bonds is 6. The first kappa shape index (κ1) is 19.5. The van der Waals surface area contributed by atoms with Crippen LogP contribution in [0, 0.1) is 0 Å². The number of hydrogen-bond donors (Lipinski definition) is 2. The predicted molar refractivity (Wildman–Crippen MR) is 99.4 cm³/mol. The second kappa shape index (κ2) is 8.16. The summed E-state index contributed by atoms with van der Waals surface area (Å²) in [6.07, 6.45) is -4.49. The lowest BCUT2D eigenvalue weighted by Gasteiger charge is -2.12. The molecule has 0 saturated carbocycles. The molecule has 8 heteroatoms. The first-order valence-corrected chi connectivity index (χ1v) is 8.57. The Balaban J connectivity index is 1.73. The maximum atomic E-state index is 12.3. The Labute approximate surface area is 159 Å². The number of fused-ring (bicyclic) bond motifs is 1. The van der Waals surface area contributed by atoms with Gasteiger partial charge in [-0.15, -0.1) is 0 Å². The molecule has 0 fully saturated rings. The molecule has 3 aromatic rings. The number of alkyl halides is 3. The van der Waals surface area contributed by atoms with Gasteiger partial charge in [0.1, 0.15) is 13.1 Å². The lowest BCUT2D eigenvalue weighted by atomic mass is 10.1. The Hall–Kier alpha value is -3.29. The summed E-state index contributed by atoms with van der Waals surface area (Å²) in [4.78, 5) is 23.8. The van der Waals surface area contributed by atoms with Gasteiger partial charge in [-0.05, 0) is 17.7 Å². The van der Waals surface area contributed by atoms with E-state index in [1.54, 1.807) is 5.32 Å². The van der Waals surface area contributed by atoms with E-state index >= 15 is 0 Å². The number of hydrogen-bond acceptors (Lipinski definition) is 2. The summed E-state index contributed by atoms with van der Waals surface area (Å²) < 4.78 is 38.2. The molecule has 2 aromatic carbocycles. The molecule has 1 aromatic heterocycles. The highest BCUT2D eigenvalue weighted by molar-refractivity contribution is 5.90. The summed E-state index contributed by atoms with van der Waals surface area (Å²) >= 11 is 0. The van der Waals surface area contributed by atoms with Crippen molar-refractivity contribution in [1.82, 2.24) is 15.2 Å². The largest absolute Gasteiger partial charge is 0.405 e. The van der Waals surface area contributed by atoms with Crippen LogP contribution in [-0.2, 0) is 16.1 Å². The van der Waals surface area contributed by atoms with E-state index in [2.05, 4.69) is 5.32 Å². The van der Waals surface area contributed by atoms with Gasteiger partial charge < -0.3 is 15.2 Å². The summed E-state index contributed by atoms with van der Waals surface area (Å²) in [7, 11) is 0. The lowest BCUT2D eigenvalue weighted by Crippen LogP contribution is -2.41. The summed E-state index contributed by atoms with van der Waals surface area (Å²) in [5.74, 6) is -1.37. The van der Waals surface area contributed by atoms with Crippen LogP contribution in [0.25, 0.3) is 22.2 Å². The number of amides is 2. The number of benzene rings is 2. The third kappa shape index (κ3) is 4.91. The average molecular weight is 389 g/mol. The van der Waals surface area contributed by atoms with Crippen molar-refractivity contribution in [2.75, 3.05) is 13.1 Å². The number of nitrogens with zero attached hydrogens (tertiary/aromatic N) is 1. The average Bonchev–Trinajstić information content (AvgIpc) is 3.03. The van der Waals surface area contributed by atoms with E-state index < -0.39 is 31.1 Å². The molecule has 2 amide bonds. The normalized spacial score (nSPS) is 11.4. The summed E-state index contributed by atoms with van der Waals surface area (Å²) in [5, 5.41) is 5.04. The lowest BCUT2D eigenvalue weighted by molar-refractivity contribution is -0.138. The van der Waals surface area contributed by atoms with Crippen LogP contribution in [0.4, 0.5) is 13.2 Å². The highest BCUT2D eigenvalue weighted by Gasteiger charge is 2.27. The van der Waals surface area contributed by atoms with Crippen LogP contribution in [0.5, 0.6) is 0 Å². The van der Waals surface area contributed by atoms with Crippen molar-refractivity contribution in [2.24, 2.45) is 0 Å². The SMILES string of the molecule is O=C(CNC(=O)Cn1c(-c2ccccc2)cc2ccccc21)NCC(F)(F)F. The maximum Gasteiger partial charge on any atom is 0.405 e. The fourth-order valence-corrected chi connectivity index (χ4v) is 2.87. The molecule has 1 heterocycles. The minimum absolute atomic E-state index is 0.0652. The number of para-hydroxylation sites is 1. The van der Waals surface area contributed by atoms with E-state index in [0.717, 1.165) is 22.2 Å². The van der Waals surface area contributed by atoms with Gasteiger partial charge in [-0.25, -0.2) is 0 Å². The minimum Gasteiger partial charge on any atom is -0.345 e. The second-order valence-corrected chi connectivity index (χ2v) is 6.21. The van der Waals surface area contributed by atoms with Crippen LogP contribution >= 0.6 is 0 Å². The van der Waals surface area contributed by atoms with Crippen LogP contribution in [0.2, 0.25) is 0 Å². The van der Waals surface area contributed by atoms with Gasteiger partial charge in [-0.2, -0.15) is 13.2 Å². The summed E-state index contributed by atoms with van der Waals surface area (Å²) in [6, 6.07) is 19.1. The van der Waals surface area contributed by atoms with Crippen molar-refractivity contribution >= 4 is 22.7 Å². The molecule has 3 rings (SSSR count). The van der Waals surface area contributed by atoms with Crippen LogP contribution in [0.1, 0.15) is 0 Å². The van der Waals surface area contributed by atoms with Gasteiger partial charge in [-0.3, -0.25) is 9.59 Å². The fraction of sp³-hybridized carbons (Fsp3) is 0.200. The third-order valence-electron chi connectivity index (χ3n) is 4.11. The Morgan fingerprint density at radius 3 is 2.29 bits per heavy atom. The Kier molecular flexibility index (Phi) is 5.67. The van der Waals surface area contributed by atoms with E-state index in [1.807, 2.05) is 65.2 Å². The van der Waals surface area contributed by atoms with Gasteiger partial charge in [0.25, 0.3) is 0 Å². The Morgan fingerprint density at radius 2 is 1.57 bits per heavy atom. The standard InChI is InChI=1S/C20H18F3N3O2/c21-20(22,23)13-25-18(27)11-24-19(28)12-26-16-9-5-4-8-15(16)10-17(26)14-6-2-1-3-7-14/h1-10H,11-13H2,(H,24,28)(H,25,27). The van der Waals surface area contributed by atoms with Gasteiger partial charge in [0.15, 0.2) is 0 Å². The molecule has 146 valence electrons. The molecular weight excluding hydrogens is 371 g/mol. The van der Waals surface area contributed by atoms with E-state index in [4.69, 9.17) is 0 Å². The van der Waals surface area contributed by atoms with Crippen molar-refractivity contribution in [3.05, 3.63) is 60.7 Å². The molecule has 2 N–H and O–H groups in total. The van der Waals surface area contributed by atoms with E-state index in [0.29, 0.717) is 0 Å². The smallest absolute Gasteiger partial charge is 0.345 e. The van der Waals surface area contributed by atoms with Gasteiger partial charge >= 0.3 is 6.18 Å². The molecule has 28 heavy (non-hydrogen) atoms. The second-order valence-electron chi connectivity index (χ2n) is 6.21. The van der Waals surface area contributed by atoms with Crippen molar-refractivity contribution in [2.45, 2.75) is 12.7 Å². The first-order valence-electron chi connectivity index (χ1n) is 8.57. The van der Waals surface area contributed by atoms with Crippen molar-refractivity contribution in [3.63, 3.8) is 0 Å². The van der Waals surface area contributed by atoms with Crippen molar-refractivity contribution in [1.29, 1.82) is 0 Å². The quantitative estimate of drug-likeness (QED) is 0.681. The predicted octanol–water partition coefficient (Wildman–Crippen LogP) is 3.10. The molecule has 0 radical (unpaired) electrons. The Morgan fingerprint density at radius 1 is 0.893 bits per heavy atom. The first-order chi connectivity index (χ1) is 13.3. The highest BCUT2D eigenvalue weighted by atomic mass is 19.4. The number of carbonyl (C=O) groups excluding carboxylic acids is 2. The maximum absolute atomic E-state index is 12.3. The van der Waals surface area contributed by atoms with Crippen LogP contribution < -0.4 is 10.6 Å². The molecule has 0 aliphatic rings. The van der Waals surface area contributed by atoms with E-state index in [-0.39, 0.29) is 6.54 Å². The van der Waals surface area contributed by atoms with E-state index in [9.17, 15) is 22.8 Å². The molecule has 0 aliphatic heterocycles. The zero-order valence-corrected chi connectivity index (χ0v) is 14.8. The highest BCUT2D eigenvalue weighted by Crippen LogP contribution is 2.28. The molecule has 5 nitrogen and oxygen atoms in total. The molecule has 0 unspecified atom stereocenters. The molecule has 0 atom stereocenters. The van der Waals surface area contributed by atoms with Crippen LogP contribution in [0.3, 0.4) is 0 Å². The fourth-order valence-electron chi connectivity index (χ4n) is 2.87. The summed E-state index contributed by atoms with van der Waals surface area (Å²) in [6.45, 7) is -2.01. The minimum atomic E-state index is -4.49. The zero-order valence-electron chi connectivity index (χ0n) is 14.8. The molecule has 0 bridgehead atoms. The van der Waals surface area contributed by atoms with Gasteiger partial charge in [0.05, 0.1) is 6.54 Å². The molecule has 0 spiro atoms. The molecule has 0 aliphatic carbocycles. The number of nitrogens with one attached hydrogen (secondary N) is 2. The molecular formula is C20H18F3N3O2. The van der Waals surface area contributed by atoms with E-state index in [1.165, 1.54) is 0 Å². The number of aromatic nitrogens is 1. The summed E-state index contributed by atoms with van der Waals surface area (Å²) in [5.41, 5.74) is 2.60. The van der Waals surface area contributed by atoms with Crippen LogP contribution in [-0.4, -0.2) is 35.6 Å². The van der Waals surface area contributed by atoms with Gasteiger partial charge in [0, 0.05) is 16.6 Å². The number of carbonyl (C=O) groups is 2. The van der Waals surface area contributed by atoms with Crippen molar-refractivity contribution in [3.8, 4) is 11.3 Å². The Bertz CT molecular complexity index is 981. The molecule has 0 saturated heterocycles. The van der Waals surface area contributed by atoms with Gasteiger partial charge in [0.2, 0.25) is 11.8 Å². The zero-order chi connectivity index (χ0) is 20.1. The monoisotopic (exact) mass is 389 g/mol. The topological polar surface area (TPSA) is 63.1 Å². The van der Waals surface area contributed by atoms with Crippen LogP contribution in [0.15, 0.2) is 60.7 Å². The van der Waals surface area contributed by atoms with Gasteiger partial charge in [-0.1, -0.05) is 48.5 Å². The number of halogens is 3. The third-order valence-corrected chi connectivity index (χ3v) is 4.11. The van der Waals surface area contributed by atoms with Crippen molar-refractivity contribution < 1.29 is 22.8 Å².